The summed E-state index contributed by atoms with van der Waals surface area (Å²) in [5.74, 6) is -0.168. The number of hydrogen-bond acceptors (Lipinski definition) is 5. The summed E-state index contributed by atoms with van der Waals surface area (Å²) >= 11 is 15.1. The Morgan fingerprint density at radius 1 is 1.38 bits per heavy atom. The molecular formula is C29H30Cl2FIN4O2. The summed E-state index contributed by atoms with van der Waals surface area (Å²) in [6.07, 6.45) is 4.26. The molecule has 2 bridgehead atoms. The second kappa shape index (κ2) is 10.7. The molecule has 4 aliphatic rings. The molecule has 3 heterocycles. The Morgan fingerprint density at radius 3 is 2.82 bits per heavy atom. The molecule has 0 radical (unpaired) electrons. The molecule has 1 saturated carbocycles. The van der Waals surface area contributed by atoms with Gasteiger partial charge in [-0.25, -0.2) is 14.2 Å². The van der Waals surface area contributed by atoms with Gasteiger partial charge in [0.15, 0.2) is 5.82 Å². The lowest BCUT2D eigenvalue weighted by atomic mass is 9.79. The average Bonchev–Trinajstić information content (AvgIpc) is 3.46. The molecule has 2 aromatic rings. The average molecular weight is 683 g/mol. The van der Waals surface area contributed by atoms with Gasteiger partial charge in [-0.15, -0.1) is 0 Å². The van der Waals surface area contributed by atoms with Crippen LogP contribution in [0.15, 0.2) is 22.2 Å². The molecule has 3 fully saturated rings. The van der Waals surface area contributed by atoms with Crippen LogP contribution in [0.25, 0.3) is 16.5 Å². The molecule has 2 saturated heterocycles. The van der Waals surface area contributed by atoms with Crippen LogP contribution in [0.5, 0.6) is 0 Å². The van der Waals surface area contributed by atoms with E-state index in [9.17, 15) is 10.1 Å². The van der Waals surface area contributed by atoms with Crippen molar-refractivity contribution in [3.8, 4) is 6.07 Å². The number of nitriles is 1. The molecule has 1 amide bonds. The largest absolute Gasteiger partial charge is 0.444 e. The van der Waals surface area contributed by atoms with Crippen LogP contribution in [0.2, 0.25) is 0 Å². The molecule has 3 atom stereocenters. The number of rotatable bonds is 5. The Kier molecular flexibility index (Phi) is 7.81. The van der Waals surface area contributed by atoms with Gasteiger partial charge in [0, 0.05) is 29.8 Å². The van der Waals surface area contributed by atoms with Crippen LogP contribution < -0.4 is 5.32 Å². The van der Waals surface area contributed by atoms with Crippen LogP contribution in [0, 0.1) is 33.6 Å². The molecule has 6 rings (SSSR count). The number of anilines is 1. The predicted molar refractivity (Wildman–Crippen MR) is 161 cm³/mol. The first-order valence-corrected chi connectivity index (χ1v) is 14.9. The number of carbonyl (C=O) groups excluding carboxylic acids is 1. The topological polar surface area (TPSA) is 78.3 Å². The Labute approximate surface area is 251 Å². The van der Waals surface area contributed by atoms with Gasteiger partial charge in [-0.2, -0.15) is 5.26 Å². The fraction of sp³-hybridized carbons (Fsp3) is 0.483. The number of carbonyl (C=O) groups is 1. The number of nitrogens with zero attached hydrogens (tertiary/aromatic N) is 3. The molecule has 0 spiro atoms. The third-order valence-electron chi connectivity index (χ3n) is 7.65. The zero-order valence-electron chi connectivity index (χ0n) is 22.3. The smallest absolute Gasteiger partial charge is 0.410 e. The Balaban J connectivity index is 1.58. The molecule has 2 aliphatic carbocycles. The highest BCUT2D eigenvalue weighted by Gasteiger charge is 2.55. The van der Waals surface area contributed by atoms with E-state index in [0.717, 1.165) is 15.7 Å². The van der Waals surface area contributed by atoms with Crippen LogP contribution in [0.1, 0.15) is 63.3 Å². The van der Waals surface area contributed by atoms with Crippen LogP contribution in [-0.4, -0.2) is 40.2 Å². The molecule has 1 aromatic heterocycles. The molecule has 10 heteroatoms. The van der Waals surface area contributed by atoms with Gasteiger partial charge < -0.3 is 15.0 Å². The van der Waals surface area contributed by atoms with E-state index in [1.54, 1.807) is 0 Å². The summed E-state index contributed by atoms with van der Waals surface area (Å²) in [6.45, 7) is 8.08. The van der Waals surface area contributed by atoms with Gasteiger partial charge in [-0.1, -0.05) is 29.3 Å². The number of halogens is 4. The van der Waals surface area contributed by atoms with Gasteiger partial charge in [-0.3, -0.25) is 0 Å². The summed E-state index contributed by atoms with van der Waals surface area (Å²) in [5, 5.41) is 14.4. The quantitative estimate of drug-likeness (QED) is 0.323. The number of nitrogens with one attached hydrogen (secondary N) is 1. The molecular weight excluding hydrogens is 653 g/mol. The van der Waals surface area contributed by atoms with E-state index >= 15 is 4.39 Å². The number of pyridine rings is 1. The third kappa shape index (κ3) is 5.22. The van der Waals surface area contributed by atoms with Crippen LogP contribution >= 0.6 is 45.8 Å². The van der Waals surface area contributed by atoms with Crippen molar-refractivity contribution in [2.45, 2.75) is 77.5 Å². The summed E-state index contributed by atoms with van der Waals surface area (Å²) in [4.78, 5) is 19.3. The van der Waals surface area contributed by atoms with Crippen LogP contribution in [-0.2, 0) is 11.2 Å². The number of benzene rings is 1. The molecule has 0 unspecified atom stereocenters. The minimum atomic E-state index is -0.563. The zero-order valence-corrected chi connectivity index (χ0v) is 26.0. The Morgan fingerprint density at radius 2 is 2.13 bits per heavy atom. The fourth-order valence-corrected chi connectivity index (χ4v) is 6.87. The van der Waals surface area contributed by atoms with Crippen LogP contribution in [0.3, 0.4) is 0 Å². The maximum Gasteiger partial charge on any atom is 0.410 e. The first kappa shape index (κ1) is 28.4. The number of ether oxygens (including phenoxy) is 1. The predicted octanol–water partition coefficient (Wildman–Crippen LogP) is 8.03. The SMILES string of the molecule is Cc1nc2c(F)c(C3=C(Cl)C(Cl)=CCC3)c(CCC#N)cc2c(N[C@H]2[C@@H]3C[C@H]2N(C(=O)OC(C)(C)C)C3)c1I. The number of fused-ring (bicyclic) bond motifs is 2. The number of aryl methyl sites for hydroxylation is 2. The highest BCUT2D eigenvalue weighted by Crippen LogP contribution is 2.46. The van der Waals surface area contributed by atoms with Crippen molar-refractivity contribution in [1.29, 1.82) is 5.26 Å². The molecule has 39 heavy (non-hydrogen) atoms. The first-order chi connectivity index (χ1) is 18.4. The lowest BCUT2D eigenvalue weighted by Crippen LogP contribution is -2.50. The van der Waals surface area contributed by atoms with Gasteiger partial charge in [0.25, 0.3) is 0 Å². The highest BCUT2D eigenvalue weighted by atomic mass is 127. The number of allylic oxidation sites excluding steroid dienone is 4. The Bertz CT molecular complexity index is 1480. The van der Waals surface area contributed by atoms with E-state index in [4.69, 9.17) is 27.9 Å². The Hall–Kier alpha value is -2.09. The van der Waals surface area contributed by atoms with E-state index in [0.29, 0.717) is 63.7 Å². The van der Waals surface area contributed by atoms with E-state index in [1.165, 1.54) is 0 Å². The van der Waals surface area contributed by atoms with E-state index < -0.39 is 11.4 Å². The van der Waals surface area contributed by atoms with Crippen LogP contribution in [0.4, 0.5) is 14.9 Å². The summed E-state index contributed by atoms with van der Waals surface area (Å²) < 4.78 is 23.0. The van der Waals surface area contributed by atoms with Gasteiger partial charge >= 0.3 is 6.09 Å². The van der Waals surface area contributed by atoms with Gasteiger partial charge in [0.05, 0.1) is 43.2 Å². The van der Waals surface area contributed by atoms with Crippen molar-refractivity contribution in [3.63, 3.8) is 0 Å². The minimum Gasteiger partial charge on any atom is -0.444 e. The molecule has 1 N–H and O–H groups in total. The minimum absolute atomic E-state index is 0.00600. The van der Waals surface area contributed by atoms with E-state index in [1.807, 2.05) is 44.7 Å². The third-order valence-corrected chi connectivity index (χ3v) is 9.84. The number of amides is 1. The van der Waals surface area contributed by atoms with Crippen molar-refractivity contribution in [1.82, 2.24) is 9.88 Å². The van der Waals surface area contributed by atoms with Gasteiger partial charge in [-0.05, 0) is 93.2 Å². The lowest BCUT2D eigenvalue weighted by Gasteiger charge is -2.38. The van der Waals surface area contributed by atoms with Crippen molar-refractivity contribution >= 4 is 74.0 Å². The highest BCUT2D eigenvalue weighted by molar-refractivity contribution is 14.1. The van der Waals surface area contributed by atoms with Crippen molar-refractivity contribution in [2.75, 3.05) is 11.9 Å². The molecule has 1 aromatic carbocycles. The lowest BCUT2D eigenvalue weighted by molar-refractivity contribution is 0.0239. The maximum atomic E-state index is 16.5. The summed E-state index contributed by atoms with van der Waals surface area (Å²) in [5.41, 5.74) is 2.95. The maximum absolute atomic E-state index is 16.5. The summed E-state index contributed by atoms with van der Waals surface area (Å²) in [6, 6.07) is 4.16. The van der Waals surface area contributed by atoms with Crippen molar-refractivity contribution in [3.05, 3.63) is 48.4 Å². The number of aromatic nitrogens is 1. The van der Waals surface area contributed by atoms with Gasteiger partial charge in [0.1, 0.15) is 11.1 Å². The monoisotopic (exact) mass is 682 g/mol. The fourth-order valence-electron chi connectivity index (χ4n) is 5.81. The van der Waals surface area contributed by atoms with Crippen molar-refractivity contribution < 1.29 is 13.9 Å². The molecule has 2 aliphatic heterocycles. The van der Waals surface area contributed by atoms with Crippen molar-refractivity contribution in [2.24, 2.45) is 5.92 Å². The molecule has 6 nitrogen and oxygen atoms in total. The van der Waals surface area contributed by atoms with Gasteiger partial charge in [0.2, 0.25) is 0 Å². The van der Waals surface area contributed by atoms with E-state index in [-0.39, 0.29) is 36.0 Å². The normalized spacial score (nSPS) is 22.5. The number of hydrogen-bond donors (Lipinski definition) is 1. The summed E-state index contributed by atoms with van der Waals surface area (Å²) in [7, 11) is 0. The second-order valence-electron chi connectivity index (χ2n) is 11.4. The second-order valence-corrected chi connectivity index (χ2v) is 13.3. The first-order valence-electron chi connectivity index (χ1n) is 13.1. The van der Waals surface area contributed by atoms with E-state index in [2.05, 4.69) is 39.0 Å². The molecule has 206 valence electrons. The standard InChI is InChI=1S/C29H30Cl2FIN4O2/c1-14-24(33)27(36-25-16-12-20(25)37(13-16)28(38)39-29(2,3)4)18-11-15(7-6-10-34)21(23(32)26(18)35-14)17-8-5-9-19(30)22(17)31/h9,11,16,20,25H,5-8,12-13H2,1-4H3,(H,35,36)/t16-,20-,25+/m1/s1. The zero-order chi connectivity index (χ0) is 28.2.